The van der Waals surface area contributed by atoms with Crippen LogP contribution in [0.5, 0.6) is 0 Å². The van der Waals surface area contributed by atoms with Crippen molar-refractivity contribution in [2.75, 3.05) is 33.9 Å². The molecule has 1 heterocycles. The maximum absolute atomic E-state index is 11.8. The standard InChI is InChI=1S/C25H34N4O3.HI/c1-26-24(30)22-8-4-5-19(16-22)9-12-28-25(27-2)29-17-20-6-3-7-21(15-20)18-32-23-10-13-31-14-11-23;/h3-8,15-16,23H,9-14,17-18H2,1-2H3,(H,26,30)(H2,27,28,29);1H. The summed E-state index contributed by atoms with van der Waals surface area (Å²) in [5.74, 6) is 0.675. The van der Waals surface area contributed by atoms with Gasteiger partial charge < -0.3 is 25.4 Å². The van der Waals surface area contributed by atoms with Crippen molar-refractivity contribution in [1.29, 1.82) is 0 Å². The first-order valence-corrected chi connectivity index (χ1v) is 11.2. The number of carbonyl (C=O) groups excluding carboxylic acids is 1. The summed E-state index contributed by atoms with van der Waals surface area (Å²) in [6.45, 7) is 3.61. The fourth-order valence-corrected chi connectivity index (χ4v) is 3.63. The van der Waals surface area contributed by atoms with E-state index in [0.717, 1.165) is 50.5 Å². The quantitative estimate of drug-likeness (QED) is 0.247. The smallest absolute Gasteiger partial charge is 0.251 e. The van der Waals surface area contributed by atoms with Crippen LogP contribution in [0, 0.1) is 0 Å². The van der Waals surface area contributed by atoms with Gasteiger partial charge in [0.15, 0.2) is 5.96 Å². The zero-order valence-corrected chi connectivity index (χ0v) is 21.8. The number of guanidine groups is 1. The summed E-state index contributed by atoms with van der Waals surface area (Å²) in [6.07, 6.45) is 3.04. The highest BCUT2D eigenvalue weighted by atomic mass is 127. The van der Waals surface area contributed by atoms with Gasteiger partial charge in [-0.1, -0.05) is 36.4 Å². The molecule has 0 radical (unpaired) electrons. The highest BCUT2D eigenvalue weighted by Crippen LogP contribution is 2.14. The first-order valence-electron chi connectivity index (χ1n) is 11.2. The lowest BCUT2D eigenvalue weighted by Gasteiger charge is -2.22. The second kappa shape index (κ2) is 14.9. The zero-order valence-electron chi connectivity index (χ0n) is 19.4. The highest BCUT2D eigenvalue weighted by molar-refractivity contribution is 14.0. The monoisotopic (exact) mass is 566 g/mol. The number of hydrogen-bond acceptors (Lipinski definition) is 4. The molecule has 0 spiro atoms. The Bertz CT molecular complexity index is 901. The third kappa shape index (κ3) is 9.30. The summed E-state index contributed by atoms with van der Waals surface area (Å²) in [7, 11) is 3.40. The van der Waals surface area contributed by atoms with Gasteiger partial charge in [0.2, 0.25) is 0 Å². The fraction of sp³-hybridized carbons (Fsp3) is 0.440. The number of aliphatic imine (C=N–C) groups is 1. The SMILES string of the molecule is CN=C(NCCc1cccc(C(=O)NC)c1)NCc1cccc(COC2CCOCC2)c1.I. The van der Waals surface area contributed by atoms with Crippen LogP contribution in [0.25, 0.3) is 0 Å². The van der Waals surface area contributed by atoms with E-state index in [9.17, 15) is 4.79 Å². The molecule has 0 aliphatic carbocycles. The Morgan fingerprint density at radius 3 is 2.55 bits per heavy atom. The van der Waals surface area contributed by atoms with Crippen molar-refractivity contribution in [2.45, 2.75) is 38.5 Å². The number of nitrogens with zero attached hydrogens (tertiary/aromatic N) is 1. The van der Waals surface area contributed by atoms with Gasteiger partial charge in [0.05, 0.1) is 12.7 Å². The van der Waals surface area contributed by atoms with E-state index in [0.29, 0.717) is 24.8 Å². The van der Waals surface area contributed by atoms with E-state index < -0.39 is 0 Å². The average Bonchev–Trinajstić information content (AvgIpc) is 2.85. The van der Waals surface area contributed by atoms with Crippen LogP contribution in [0.4, 0.5) is 0 Å². The van der Waals surface area contributed by atoms with Crippen LogP contribution >= 0.6 is 24.0 Å². The lowest BCUT2D eigenvalue weighted by molar-refractivity contribution is -0.0390. The second-order valence-corrected chi connectivity index (χ2v) is 7.82. The Morgan fingerprint density at radius 2 is 1.79 bits per heavy atom. The summed E-state index contributed by atoms with van der Waals surface area (Å²) in [6, 6.07) is 16.1. The fourth-order valence-electron chi connectivity index (χ4n) is 3.63. The number of ether oxygens (including phenoxy) is 2. The average molecular weight is 566 g/mol. The largest absolute Gasteiger partial charge is 0.381 e. The van der Waals surface area contributed by atoms with Crippen LogP contribution in [-0.4, -0.2) is 51.8 Å². The number of nitrogens with one attached hydrogen (secondary N) is 3. The van der Waals surface area contributed by atoms with Gasteiger partial charge in [-0.15, -0.1) is 24.0 Å². The maximum atomic E-state index is 11.8. The molecule has 2 aromatic rings. The molecule has 8 heteroatoms. The minimum Gasteiger partial charge on any atom is -0.381 e. The molecule has 3 N–H and O–H groups in total. The molecule has 0 saturated carbocycles. The summed E-state index contributed by atoms with van der Waals surface area (Å²) in [4.78, 5) is 16.1. The second-order valence-electron chi connectivity index (χ2n) is 7.82. The number of amides is 1. The maximum Gasteiger partial charge on any atom is 0.251 e. The van der Waals surface area contributed by atoms with Crippen molar-refractivity contribution in [3.63, 3.8) is 0 Å². The van der Waals surface area contributed by atoms with Gasteiger partial charge in [0.25, 0.3) is 5.91 Å². The number of carbonyl (C=O) groups is 1. The summed E-state index contributed by atoms with van der Waals surface area (Å²) in [5, 5.41) is 9.35. The summed E-state index contributed by atoms with van der Waals surface area (Å²) in [5.41, 5.74) is 4.13. The zero-order chi connectivity index (χ0) is 22.6. The third-order valence-electron chi connectivity index (χ3n) is 5.45. The van der Waals surface area contributed by atoms with E-state index in [2.05, 4.69) is 45.2 Å². The van der Waals surface area contributed by atoms with Crippen LogP contribution in [0.1, 0.15) is 39.9 Å². The van der Waals surface area contributed by atoms with Crippen molar-refractivity contribution >= 4 is 35.8 Å². The number of benzene rings is 2. The lowest BCUT2D eigenvalue weighted by atomic mass is 10.1. The normalized spacial score (nSPS) is 14.3. The molecule has 0 atom stereocenters. The Morgan fingerprint density at radius 1 is 1.06 bits per heavy atom. The molecule has 0 unspecified atom stereocenters. The van der Waals surface area contributed by atoms with Gasteiger partial charge in [-0.3, -0.25) is 9.79 Å². The van der Waals surface area contributed by atoms with Crippen LogP contribution in [0.15, 0.2) is 53.5 Å². The van der Waals surface area contributed by atoms with E-state index in [1.54, 1.807) is 14.1 Å². The van der Waals surface area contributed by atoms with Crippen LogP contribution in [0.3, 0.4) is 0 Å². The molecular weight excluding hydrogens is 531 g/mol. The van der Waals surface area contributed by atoms with Crippen LogP contribution in [0.2, 0.25) is 0 Å². The summed E-state index contributed by atoms with van der Waals surface area (Å²) < 4.78 is 11.4. The number of rotatable bonds is 9. The van der Waals surface area contributed by atoms with Crippen molar-refractivity contribution < 1.29 is 14.3 Å². The van der Waals surface area contributed by atoms with E-state index >= 15 is 0 Å². The Hall–Kier alpha value is -2.17. The molecule has 3 rings (SSSR count). The van der Waals surface area contributed by atoms with Gasteiger partial charge in [0.1, 0.15) is 0 Å². The molecule has 1 fully saturated rings. The predicted molar refractivity (Wildman–Crippen MR) is 142 cm³/mol. The molecule has 0 aromatic heterocycles. The van der Waals surface area contributed by atoms with E-state index in [4.69, 9.17) is 9.47 Å². The molecule has 2 aromatic carbocycles. The van der Waals surface area contributed by atoms with Gasteiger partial charge in [-0.05, 0) is 48.1 Å². The molecule has 1 saturated heterocycles. The van der Waals surface area contributed by atoms with Gasteiger partial charge >= 0.3 is 0 Å². The minimum absolute atomic E-state index is 0. The van der Waals surface area contributed by atoms with Gasteiger partial charge in [-0.2, -0.15) is 0 Å². The van der Waals surface area contributed by atoms with Crippen molar-refractivity contribution in [3.05, 3.63) is 70.8 Å². The molecule has 1 aliphatic rings. The van der Waals surface area contributed by atoms with E-state index in [1.807, 2.05) is 24.3 Å². The molecule has 7 nitrogen and oxygen atoms in total. The Balaban J connectivity index is 0.00000385. The Labute approximate surface area is 213 Å². The van der Waals surface area contributed by atoms with E-state index in [1.165, 1.54) is 11.1 Å². The topological polar surface area (TPSA) is 84.0 Å². The predicted octanol–water partition coefficient (Wildman–Crippen LogP) is 3.27. The lowest BCUT2D eigenvalue weighted by Crippen LogP contribution is -2.37. The van der Waals surface area contributed by atoms with Crippen molar-refractivity contribution in [3.8, 4) is 0 Å². The first-order chi connectivity index (χ1) is 15.7. The molecular formula is C25H35IN4O3. The van der Waals surface area contributed by atoms with Crippen molar-refractivity contribution in [2.24, 2.45) is 4.99 Å². The van der Waals surface area contributed by atoms with Crippen LogP contribution in [-0.2, 0) is 29.0 Å². The molecule has 0 bridgehead atoms. The first kappa shape index (κ1) is 27.1. The molecule has 33 heavy (non-hydrogen) atoms. The van der Waals surface area contributed by atoms with Crippen LogP contribution < -0.4 is 16.0 Å². The molecule has 1 amide bonds. The van der Waals surface area contributed by atoms with Gasteiger partial charge in [-0.25, -0.2) is 0 Å². The van der Waals surface area contributed by atoms with E-state index in [-0.39, 0.29) is 29.9 Å². The Kier molecular flexibility index (Phi) is 12.2. The number of hydrogen-bond donors (Lipinski definition) is 3. The third-order valence-corrected chi connectivity index (χ3v) is 5.45. The number of halogens is 1. The molecule has 180 valence electrons. The summed E-state index contributed by atoms with van der Waals surface area (Å²) >= 11 is 0. The molecule has 1 aliphatic heterocycles. The minimum atomic E-state index is -0.0716. The van der Waals surface area contributed by atoms with Crippen molar-refractivity contribution in [1.82, 2.24) is 16.0 Å². The highest BCUT2D eigenvalue weighted by Gasteiger charge is 2.14. The van der Waals surface area contributed by atoms with Gasteiger partial charge in [0, 0.05) is 46.0 Å².